The molecule has 2 aromatic heterocycles. The molecule has 0 bridgehead atoms. The Kier molecular flexibility index (Phi) is 5.03. The van der Waals surface area contributed by atoms with Crippen LogP contribution in [0.15, 0.2) is 66.3 Å². The van der Waals surface area contributed by atoms with Crippen LogP contribution >= 0.6 is 11.3 Å². The average Bonchev–Trinajstić information content (AvgIpc) is 3.46. The number of nitrogens with zero attached hydrogens (tertiary/aromatic N) is 3. The lowest BCUT2D eigenvalue weighted by molar-refractivity contribution is -0.128. The number of aryl methyl sites for hydroxylation is 1. The van der Waals surface area contributed by atoms with E-state index in [1.54, 1.807) is 16.2 Å². The first-order valence-corrected chi connectivity index (χ1v) is 11.1. The molecule has 0 aliphatic carbocycles. The number of nitrogens with one attached hydrogen (secondary N) is 1. The molecule has 2 amide bonds. The molecule has 0 saturated carbocycles. The molecule has 1 saturated heterocycles. The highest BCUT2D eigenvalue weighted by molar-refractivity contribution is 7.15. The Bertz CT molecular complexity index is 1210. The van der Waals surface area contributed by atoms with Gasteiger partial charge in [-0.2, -0.15) is 0 Å². The van der Waals surface area contributed by atoms with Crippen LogP contribution < -0.4 is 5.32 Å². The maximum atomic E-state index is 12.7. The number of amides is 2. The van der Waals surface area contributed by atoms with Gasteiger partial charge in [0.25, 0.3) is 0 Å². The summed E-state index contributed by atoms with van der Waals surface area (Å²) in [6.07, 6.45) is 4.23. The fraction of sp³-hybridized carbons (Fsp3) is 0.208. The number of aromatic nitrogens is 2. The van der Waals surface area contributed by atoms with Crippen molar-refractivity contribution in [1.82, 2.24) is 14.3 Å². The smallest absolute Gasteiger partial charge is 0.229 e. The van der Waals surface area contributed by atoms with Crippen LogP contribution in [0.3, 0.4) is 0 Å². The van der Waals surface area contributed by atoms with Crippen LogP contribution in [-0.2, 0) is 16.1 Å². The first-order chi connectivity index (χ1) is 15.0. The standard InChI is InChI=1S/C24H22N4O2S/c1-16-2-4-17(5-3-16)13-28-14-19(12-22(28)29)23(30)25-20-8-6-18(7-9-20)21-15-27-10-11-31-24(27)26-21/h2-11,15,19H,12-14H2,1H3,(H,25,30). The van der Waals surface area contributed by atoms with E-state index in [1.165, 1.54) is 5.56 Å². The van der Waals surface area contributed by atoms with Crippen LogP contribution in [0.25, 0.3) is 16.2 Å². The number of anilines is 1. The molecule has 1 unspecified atom stereocenters. The zero-order chi connectivity index (χ0) is 21.4. The van der Waals surface area contributed by atoms with Gasteiger partial charge in [0.2, 0.25) is 11.8 Å². The Morgan fingerprint density at radius 2 is 1.94 bits per heavy atom. The van der Waals surface area contributed by atoms with Crippen LogP contribution in [0.5, 0.6) is 0 Å². The zero-order valence-corrected chi connectivity index (χ0v) is 17.9. The highest BCUT2D eigenvalue weighted by Crippen LogP contribution is 2.25. The van der Waals surface area contributed by atoms with Crippen LogP contribution in [0, 0.1) is 12.8 Å². The molecule has 6 nitrogen and oxygen atoms in total. The van der Waals surface area contributed by atoms with E-state index >= 15 is 0 Å². The molecule has 0 spiro atoms. The number of hydrogen-bond donors (Lipinski definition) is 1. The molecule has 0 radical (unpaired) electrons. The largest absolute Gasteiger partial charge is 0.338 e. The van der Waals surface area contributed by atoms with Crippen LogP contribution in [0.4, 0.5) is 5.69 Å². The highest BCUT2D eigenvalue weighted by Gasteiger charge is 2.34. The lowest BCUT2D eigenvalue weighted by Crippen LogP contribution is -2.28. The molecule has 1 aliphatic rings. The first-order valence-electron chi connectivity index (χ1n) is 10.2. The van der Waals surface area contributed by atoms with Crippen molar-refractivity contribution in [2.24, 2.45) is 5.92 Å². The fourth-order valence-corrected chi connectivity index (χ4v) is 4.55. The molecule has 3 heterocycles. The summed E-state index contributed by atoms with van der Waals surface area (Å²) in [5.74, 6) is -0.427. The molecule has 2 aromatic carbocycles. The molecule has 31 heavy (non-hydrogen) atoms. The van der Waals surface area contributed by atoms with E-state index in [0.717, 1.165) is 27.5 Å². The molecule has 1 atom stereocenters. The van der Waals surface area contributed by atoms with E-state index in [-0.39, 0.29) is 24.2 Å². The quantitative estimate of drug-likeness (QED) is 0.512. The van der Waals surface area contributed by atoms with Crippen LogP contribution in [0.2, 0.25) is 0 Å². The summed E-state index contributed by atoms with van der Waals surface area (Å²) >= 11 is 1.59. The average molecular weight is 431 g/mol. The zero-order valence-electron chi connectivity index (χ0n) is 17.1. The SMILES string of the molecule is Cc1ccc(CN2CC(C(=O)Nc3ccc(-c4cn5ccsc5n4)cc3)CC2=O)cc1. The van der Waals surface area contributed by atoms with Gasteiger partial charge < -0.3 is 10.2 Å². The van der Waals surface area contributed by atoms with Crippen LogP contribution in [0.1, 0.15) is 17.5 Å². The maximum Gasteiger partial charge on any atom is 0.229 e. The number of likely N-dealkylation sites (tertiary alicyclic amines) is 1. The van der Waals surface area contributed by atoms with Crippen LogP contribution in [-0.4, -0.2) is 32.6 Å². The lowest BCUT2D eigenvalue weighted by Gasteiger charge is -2.17. The summed E-state index contributed by atoms with van der Waals surface area (Å²) in [4.78, 5) is 32.5. The second-order valence-corrected chi connectivity index (χ2v) is 8.82. The normalized spacial score (nSPS) is 16.2. The second kappa shape index (κ2) is 8.00. The van der Waals surface area contributed by atoms with Gasteiger partial charge in [-0.15, -0.1) is 11.3 Å². The maximum absolute atomic E-state index is 12.7. The number of carbonyl (C=O) groups is 2. The Labute approximate surface area is 184 Å². The van der Waals surface area contributed by atoms with Crippen molar-refractivity contribution in [1.29, 1.82) is 0 Å². The van der Waals surface area contributed by atoms with Gasteiger partial charge in [-0.3, -0.25) is 14.0 Å². The van der Waals surface area contributed by atoms with Gasteiger partial charge in [0, 0.05) is 48.5 Å². The lowest BCUT2D eigenvalue weighted by atomic mass is 10.1. The summed E-state index contributed by atoms with van der Waals surface area (Å²) in [5.41, 5.74) is 4.88. The van der Waals surface area contributed by atoms with E-state index in [9.17, 15) is 9.59 Å². The van der Waals surface area contributed by atoms with Crippen molar-refractivity contribution in [3.05, 3.63) is 77.4 Å². The summed E-state index contributed by atoms with van der Waals surface area (Å²) in [7, 11) is 0. The summed E-state index contributed by atoms with van der Waals surface area (Å²) in [6.45, 7) is 3.03. The Balaban J connectivity index is 1.21. The highest BCUT2D eigenvalue weighted by atomic mass is 32.1. The molecular formula is C24H22N4O2S. The number of benzene rings is 2. The first kappa shape index (κ1) is 19.5. The van der Waals surface area contributed by atoms with E-state index in [2.05, 4.69) is 10.3 Å². The van der Waals surface area contributed by atoms with Crippen molar-refractivity contribution in [2.75, 3.05) is 11.9 Å². The Morgan fingerprint density at radius 3 is 2.68 bits per heavy atom. The van der Waals surface area contributed by atoms with Crippen molar-refractivity contribution >= 4 is 33.8 Å². The number of carbonyl (C=O) groups excluding carboxylic acids is 2. The van der Waals surface area contributed by atoms with E-state index in [4.69, 9.17) is 0 Å². The van der Waals surface area contributed by atoms with Gasteiger partial charge >= 0.3 is 0 Å². The van der Waals surface area contributed by atoms with E-state index in [0.29, 0.717) is 13.1 Å². The fourth-order valence-electron chi connectivity index (χ4n) is 3.85. The topological polar surface area (TPSA) is 66.7 Å². The number of rotatable bonds is 5. The minimum atomic E-state index is -0.336. The third-order valence-corrected chi connectivity index (χ3v) is 6.39. The molecule has 5 rings (SSSR count). The predicted molar refractivity (Wildman–Crippen MR) is 122 cm³/mol. The van der Waals surface area contributed by atoms with Gasteiger partial charge in [0.1, 0.15) is 0 Å². The van der Waals surface area contributed by atoms with Crippen molar-refractivity contribution in [2.45, 2.75) is 19.9 Å². The second-order valence-electron chi connectivity index (χ2n) is 7.95. The van der Waals surface area contributed by atoms with E-state index < -0.39 is 0 Å². The minimum absolute atomic E-state index is 0.0239. The van der Waals surface area contributed by atoms with Gasteiger partial charge in [-0.1, -0.05) is 42.0 Å². The molecule has 1 fully saturated rings. The minimum Gasteiger partial charge on any atom is -0.338 e. The molecule has 1 aliphatic heterocycles. The molecular weight excluding hydrogens is 408 g/mol. The van der Waals surface area contributed by atoms with E-state index in [1.807, 2.05) is 77.6 Å². The molecule has 4 aromatic rings. The monoisotopic (exact) mass is 430 g/mol. The van der Waals surface area contributed by atoms with Crippen molar-refractivity contribution < 1.29 is 9.59 Å². The third kappa shape index (κ3) is 4.09. The van der Waals surface area contributed by atoms with Crippen molar-refractivity contribution in [3.63, 3.8) is 0 Å². The summed E-state index contributed by atoms with van der Waals surface area (Å²) in [6, 6.07) is 15.8. The molecule has 1 N–H and O–H groups in total. The van der Waals surface area contributed by atoms with Crippen molar-refractivity contribution in [3.8, 4) is 11.3 Å². The third-order valence-electron chi connectivity index (χ3n) is 5.62. The van der Waals surface area contributed by atoms with Gasteiger partial charge in [-0.05, 0) is 24.6 Å². The van der Waals surface area contributed by atoms with Gasteiger partial charge in [-0.25, -0.2) is 4.98 Å². The molecule has 7 heteroatoms. The Hall–Kier alpha value is -3.45. The van der Waals surface area contributed by atoms with Gasteiger partial charge in [0.15, 0.2) is 4.96 Å². The summed E-state index contributed by atoms with van der Waals surface area (Å²) in [5, 5.41) is 4.96. The number of thiazole rings is 1. The van der Waals surface area contributed by atoms with Gasteiger partial charge in [0.05, 0.1) is 11.6 Å². The summed E-state index contributed by atoms with van der Waals surface area (Å²) < 4.78 is 2.00. The number of fused-ring (bicyclic) bond motifs is 1. The predicted octanol–water partition coefficient (Wildman–Crippen LogP) is 4.36. The number of imidazole rings is 1. The number of hydrogen-bond acceptors (Lipinski definition) is 4. The Morgan fingerprint density at radius 1 is 1.16 bits per heavy atom. The molecule has 156 valence electrons.